The highest BCUT2D eigenvalue weighted by Crippen LogP contribution is 2.00. The predicted octanol–water partition coefficient (Wildman–Crippen LogP) is 2.83. The first kappa shape index (κ1) is 13.6. The van der Waals surface area contributed by atoms with Gasteiger partial charge in [0.2, 0.25) is 0 Å². The third-order valence-corrected chi connectivity index (χ3v) is 1.95. The lowest BCUT2D eigenvalue weighted by Crippen LogP contribution is -2.18. The van der Waals surface area contributed by atoms with Crippen molar-refractivity contribution in [2.24, 2.45) is 0 Å². The summed E-state index contributed by atoms with van der Waals surface area (Å²) >= 11 is 0. The maximum atomic E-state index is 10.2. The van der Waals surface area contributed by atoms with Crippen LogP contribution in [0.25, 0.3) is 0 Å². The molecule has 0 aromatic carbocycles. The molecule has 4 heteroatoms. The molecule has 1 amide bonds. The molecular weight excluding hydrogens is 228 g/mol. The molecule has 3 N–H and O–H groups in total. The lowest BCUT2D eigenvalue weighted by Gasteiger charge is -1.97. The third-order valence-electron chi connectivity index (χ3n) is 1.95. The van der Waals surface area contributed by atoms with Crippen molar-refractivity contribution in [2.45, 2.75) is 6.42 Å². The quantitative estimate of drug-likeness (QED) is 0.664. The summed E-state index contributed by atoms with van der Waals surface area (Å²) in [5, 5.41) is 13.5. The van der Waals surface area contributed by atoms with Gasteiger partial charge < -0.3 is 10.4 Å². The Bertz CT molecular complexity index is 427. The summed E-state index contributed by atoms with van der Waals surface area (Å²) in [7, 11) is 0. The van der Waals surface area contributed by atoms with Crippen molar-refractivity contribution in [3.8, 4) is 0 Å². The van der Waals surface area contributed by atoms with E-state index >= 15 is 0 Å². The topological polar surface area (TPSA) is 61.4 Å². The average molecular weight is 244 g/mol. The summed E-state index contributed by atoms with van der Waals surface area (Å²) in [5.41, 5.74) is 0.603. The van der Waals surface area contributed by atoms with Crippen molar-refractivity contribution in [3.05, 3.63) is 72.8 Å². The Balaban J connectivity index is 0.000000199. The Hall–Kier alpha value is -2.49. The predicted molar refractivity (Wildman–Crippen MR) is 72.7 cm³/mol. The molecule has 0 aromatic heterocycles. The molecule has 4 nitrogen and oxygen atoms in total. The summed E-state index contributed by atoms with van der Waals surface area (Å²) in [4.78, 5) is 10.2. The van der Waals surface area contributed by atoms with Crippen LogP contribution in [0.15, 0.2) is 72.8 Å². The maximum Gasteiger partial charge on any atom is 0.409 e. The number of hydrogen-bond acceptors (Lipinski definition) is 2. The smallest absolute Gasteiger partial charge is 0.409 e. The molecule has 2 aliphatic rings. The first-order valence-electron chi connectivity index (χ1n) is 5.57. The molecular formula is C14H16N2O2. The molecule has 0 aromatic rings. The van der Waals surface area contributed by atoms with Crippen LogP contribution in [0.1, 0.15) is 6.42 Å². The van der Waals surface area contributed by atoms with E-state index in [9.17, 15) is 4.79 Å². The molecule has 0 spiro atoms. The van der Waals surface area contributed by atoms with E-state index in [4.69, 9.17) is 5.11 Å². The molecule has 0 saturated heterocycles. The number of hydrogen-bond donors (Lipinski definition) is 3. The van der Waals surface area contributed by atoms with Gasteiger partial charge in [0.05, 0.1) is 0 Å². The van der Waals surface area contributed by atoms with Crippen LogP contribution in [-0.2, 0) is 0 Å². The van der Waals surface area contributed by atoms with E-state index in [2.05, 4.69) is 10.6 Å². The maximum absolute atomic E-state index is 10.2. The molecule has 18 heavy (non-hydrogen) atoms. The minimum atomic E-state index is -1.03. The van der Waals surface area contributed by atoms with Crippen molar-refractivity contribution >= 4 is 6.09 Å². The number of amides is 1. The zero-order chi connectivity index (χ0) is 13.1. The standard InChI is InChI=1S/C8H9NO2.C6H7N/c10-8(11)9-7-5-3-1-2-4-6-7;1-2-4-6-7-5-3-1/h1,3-6,9H,2H2,(H,10,11);1-7H. The summed E-state index contributed by atoms with van der Waals surface area (Å²) < 4.78 is 0. The first-order chi connectivity index (χ1) is 8.79. The summed E-state index contributed by atoms with van der Waals surface area (Å²) in [5.74, 6) is 0. The lowest BCUT2D eigenvalue weighted by atomic mass is 10.3. The van der Waals surface area contributed by atoms with Gasteiger partial charge in [-0.2, -0.15) is 0 Å². The first-order valence-corrected chi connectivity index (χ1v) is 5.57. The van der Waals surface area contributed by atoms with Crippen LogP contribution in [0.5, 0.6) is 0 Å². The van der Waals surface area contributed by atoms with E-state index in [-0.39, 0.29) is 0 Å². The molecule has 1 heterocycles. The van der Waals surface area contributed by atoms with Gasteiger partial charge in [0.25, 0.3) is 0 Å². The average Bonchev–Trinajstić information content (AvgIpc) is 2.75. The highest BCUT2D eigenvalue weighted by molar-refractivity contribution is 5.68. The van der Waals surface area contributed by atoms with Crippen LogP contribution in [0, 0.1) is 0 Å². The van der Waals surface area contributed by atoms with E-state index in [1.165, 1.54) is 0 Å². The highest BCUT2D eigenvalue weighted by Gasteiger charge is 1.96. The molecule has 1 aliphatic heterocycles. The minimum Gasteiger partial charge on any atom is -0.465 e. The van der Waals surface area contributed by atoms with Crippen molar-refractivity contribution in [2.75, 3.05) is 0 Å². The fourth-order valence-corrected chi connectivity index (χ4v) is 1.19. The van der Waals surface area contributed by atoms with Gasteiger partial charge in [-0.3, -0.25) is 5.32 Å². The normalized spacial score (nSPS) is 15.7. The van der Waals surface area contributed by atoms with Crippen LogP contribution >= 0.6 is 0 Å². The molecule has 1 aliphatic carbocycles. The number of carboxylic acid groups (broad SMARTS) is 1. The van der Waals surface area contributed by atoms with Gasteiger partial charge in [-0.1, -0.05) is 30.4 Å². The van der Waals surface area contributed by atoms with Gasteiger partial charge in [-0.25, -0.2) is 4.79 Å². The van der Waals surface area contributed by atoms with E-state index in [0.29, 0.717) is 5.70 Å². The van der Waals surface area contributed by atoms with E-state index in [1.54, 1.807) is 12.2 Å². The molecule has 0 unspecified atom stereocenters. The molecule has 0 radical (unpaired) electrons. The third kappa shape index (κ3) is 6.90. The number of nitrogens with one attached hydrogen (secondary N) is 2. The molecule has 0 atom stereocenters. The Labute approximate surface area is 106 Å². The molecule has 0 bridgehead atoms. The van der Waals surface area contributed by atoms with Crippen LogP contribution < -0.4 is 10.6 Å². The van der Waals surface area contributed by atoms with Crippen molar-refractivity contribution in [1.82, 2.24) is 10.6 Å². The van der Waals surface area contributed by atoms with Crippen LogP contribution in [-0.4, -0.2) is 11.2 Å². The van der Waals surface area contributed by atoms with E-state index < -0.39 is 6.09 Å². The molecule has 2 rings (SSSR count). The number of allylic oxidation sites excluding steroid dienone is 9. The number of carbonyl (C=O) groups is 1. The molecule has 94 valence electrons. The van der Waals surface area contributed by atoms with Gasteiger partial charge in [0.1, 0.15) is 0 Å². The second kappa shape index (κ2) is 8.64. The lowest BCUT2D eigenvalue weighted by molar-refractivity contribution is 0.198. The Morgan fingerprint density at radius 1 is 1.11 bits per heavy atom. The Morgan fingerprint density at radius 3 is 2.50 bits per heavy atom. The number of rotatable bonds is 1. The zero-order valence-electron chi connectivity index (χ0n) is 9.91. The SMILES string of the molecule is C1=CC=CNC=C1.O=C(O)NC1=CC=CCC=C1. The van der Waals surface area contributed by atoms with Gasteiger partial charge >= 0.3 is 6.09 Å². The van der Waals surface area contributed by atoms with Crippen molar-refractivity contribution in [3.63, 3.8) is 0 Å². The van der Waals surface area contributed by atoms with E-state index in [0.717, 1.165) is 6.42 Å². The summed E-state index contributed by atoms with van der Waals surface area (Å²) in [6.45, 7) is 0. The van der Waals surface area contributed by atoms with Crippen molar-refractivity contribution < 1.29 is 9.90 Å². The minimum absolute atomic E-state index is 0.603. The zero-order valence-corrected chi connectivity index (χ0v) is 9.91. The van der Waals surface area contributed by atoms with Crippen LogP contribution in [0.4, 0.5) is 4.79 Å². The molecule has 0 fully saturated rings. The van der Waals surface area contributed by atoms with Gasteiger partial charge in [-0.15, -0.1) is 0 Å². The Kier molecular flexibility index (Phi) is 6.51. The second-order valence-corrected chi connectivity index (χ2v) is 3.39. The second-order valence-electron chi connectivity index (χ2n) is 3.39. The van der Waals surface area contributed by atoms with Crippen LogP contribution in [0.2, 0.25) is 0 Å². The Morgan fingerprint density at radius 2 is 1.83 bits per heavy atom. The van der Waals surface area contributed by atoms with Crippen molar-refractivity contribution in [1.29, 1.82) is 0 Å². The van der Waals surface area contributed by atoms with Gasteiger partial charge in [-0.05, 0) is 30.7 Å². The summed E-state index contributed by atoms with van der Waals surface area (Å²) in [6, 6.07) is 0. The van der Waals surface area contributed by atoms with Gasteiger partial charge in [0.15, 0.2) is 0 Å². The van der Waals surface area contributed by atoms with Gasteiger partial charge in [0, 0.05) is 18.1 Å². The fourth-order valence-electron chi connectivity index (χ4n) is 1.19. The van der Waals surface area contributed by atoms with Crippen LogP contribution in [0.3, 0.4) is 0 Å². The van der Waals surface area contributed by atoms with E-state index in [1.807, 2.05) is 54.9 Å². The molecule has 0 saturated carbocycles. The fraction of sp³-hybridized carbons (Fsp3) is 0.0714. The monoisotopic (exact) mass is 244 g/mol. The highest BCUT2D eigenvalue weighted by atomic mass is 16.4. The largest absolute Gasteiger partial charge is 0.465 e. The summed E-state index contributed by atoms with van der Waals surface area (Å²) in [6.07, 6.45) is 20.5.